The molecule has 106 valence electrons. The zero-order valence-electron chi connectivity index (χ0n) is 11.8. The van der Waals surface area contributed by atoms with Gasteiger partial charge in [0.05, 0.1) is 0 Å². The van der Waals surface area contributed by atoms with E-state index in [0.29, 0.717) is 5.56 Å². The van der Waals surface area contributed by atoms with Crippen molar-refractivity contribution < 1.29 is 4.79 Å². The van der Waals surface area contributed by atoms with Gasteiger partial charge in [0, 0.05) is 32.1 Å². The van der Waals surface area contributed by atoms with Crippen molar-refractivity contribution in [3.63, 3.8) is 0 Å². The number of rotatable bonds is 6. The second kappa shape index (κ2) is 6.29. The van der Waals surface area contributed by atoms with Gasteiger partial charge in [-0.1, -0.05) is 6.07 Å². The maximum atomic E-state index is 11.1. The molecule has 1 aromatic carbocycles. The third kappa shape index (κ3) is 3.64. The molecule has 0 aliphatic heterocycles. The molecule has 0 spiro atoms. The highest BCUT2D eigenvalue weighted by Crippen LogP contribution is 2.10. The van der Waals surface area contributed by atoms with Gasteiger partial charge < -0.3 is 11.1 Å². The van der Waals surface area contributed by atoms with Crippen LogP contribution in [0.4, 0.5) is 0 Å². The van der Waals surface area contributed by atoms with Crippen LogP contribution in [0.5, 0.6) is 0 Å². The lowest BCUT2D eigenvalue weighted by molar-refractivity contribution is 0.1000. The highest BCUT2D eigenvalue weighted by Gasteiger charge is 2.04. The summed E-state index contributed by atoms with van der Waals surface area (Å²) in [4.78, 5) is 15.2. The average molecular weight is 273 g/mol. The molecule has 2 aromatic rings. The number of nitrogens with zero attached hydrogens (tertiary/aromatic N) is 3. The summed E-state index contributed by atoms with van der Waals surface area (Å²) in [6.45, 7) is 3.53. The molecule has 6 heteroatoms. The fourth-order valence-electron chi connectivity index (χ4n) is 1.97. The number of aryl methyl sites for hydroxylation is 2. The number of benzene rings is 1. The smallest absolute Gasteiger partial charge is 0.248 e. The van der Waals surface area contributed by atoms with Crippen molar-refractivity contribution in [3.05, 3.63) is 47.0 Å². The molecular weight excluding hydrogens is 254 g/mol. The van der Waals surface area contributed by atoms with E-state index in [1.807, 2.05) is 26.1 Å². The molecule has 0 bridgehead atoms. The quantitative estimate of drug-likeness (QED) is 0.753. The van der Waals surface area contributed by atoms with E-state index in [1.165, 1.54) is 0 Å². The number of nitrogens with one attached hydrogen (secondary N) is 1. The molecule has 0 aliphatic carbocycles. The van der Waals surface area contributed by atoms with Crippen molar-refractivity contribution >= 4 is 5.91 Å². The maximum absolute atomic E-state index is 11.1. The number of amides is 1. The van der Waals surface area contributed by atoms with Crippen LogP contribution in [-0.4, -0.2) is 27.2 Å². The molecule has 0 saturated heterocycles. The fourth-order valence-corrected chi connectivity index (χ4v) is 1.97. The van der Waals surface area contributed by atoms with Crippen LogP contribution in [0.25, 0.3) is 0 Å². The van der Waals surface area contributed by atoms with Crippen LogP contribution in [0, 0.1) is 6.92 Å². The van der Waals surface area contributed by atoms with Gasteiger partial charge in [-0.2, -0.15) is 5.10 Å². The van der Waals surface area contributed by atoms with Crippen LogP contribution in [-0.2, 0) is 20.0 Å². The third-order valence-electron chi connectivity index (χ3n) is 3.11. The molecule has 2 rings (SSSR count). The number of carbonyl (C=O) groups excluding carboxylic acids is 1. The first-order valence-corrected chi connectivity index (χ1v) is 6.51. The Kier molecular flexibility index (Phi) is 4.47. The lowest BCUT2D eigenvalue weighted by atomic mass is 10.0. The summed E-state index contributed by atoms with van der Waals surface area (Å²) in [6, 6.07) is 5.51. The zero-order valence-corrected chi connectivity index (χ0v) is 11.8. The van der Waals surface area contributed by atoms with Crippen molar-refractivity contribution in [2.75, 3.05) is 6.54 Å². The molecule has 0 saturated carbocycles. The predicted molar refractivity (Wildman–Crippen MR) is 76.1 cm³/mol. The van der Waals surface area contributed by atoms with Crippen molar-refractivity contribution in [1.82, 2.24) is 20.1 Å². The lowest BCUT2D eigenvalue weighted by Crippen LogP contribution is -2.18. The normalized spacial score (nSPS) is 10.7. The Bertz CT molecular complexity index is 605. The molecule has 0 fully saturated rings. The largest absolute Gasteiger partial charge is 0.366 e. The Balaban J connectivity index is 1.83. The molecule has 20 heavy (non-hydrogen) atoms. The highest BCUT2D eigenvalue weighted by molar-refractivity contribution is 5.93. The second-order valence-electron chi connectivity index (χ2n) is 4.77. The van der Waals surface area contributed by atoms with Gasteiger partial charge in [-0.15, -0.1) is 0 Å². The van der Waals surface area contributed by atoms with Crippen molar-refractivity contribution in [3.8, 4) is 0 Å². The van der Waals surface area contributed by atoms with E-state index in [1.54, 1.807) is 17.1 Å². The summed E-state index contributed by atoms with van der Waals surface area (Å²) in [5, 5.41) is 7.56. The van der Waals surface area contributed by atoms with E-state index in [2.05, 4.69) is 15.4 Å². The van der Waals surface area contributed by atoms with Crippen molar-refractivity contribution in [2.24, 2.45) is 12.8 Å². The number of nitrogens with two attached hydrogens (primary N) is 1. The van der Waals surface area contributed by atoms with Crippen LogP contribution in [0.15, 0.2) is 24.5 Å². The number of carbonyl (C=O) groups is 1. The molecule has 1 aromatic heterocycles. The average Bonchev–Trinajstić information content (AvgIpc) is 2.81. The molecule has 6 nitrogen and oxygen atoms in total. The summed E-state index contributed by atoms with van der Waals surface area (Å²) in [5.41, 5.74) is 8.01. The molecule has 0 unspecified atom stereocenters. The Morgan fingerprint density at radius 3 is 2.85 bits per heavy atom. The molecule has 0 radical (unpaired) electrons. The third-order valence-corrected chi connectivity index (χ3v) is 3.11. The Hall–Kier alpha value is -2.21. The van der Waals surface area contributed by atoms with Crippen molar-refractivity contribution in [1.29, 1.82) is 0 Å². The highest BCUT2D eigenvalue weighted by atomic mass is 16.1. The molecule has 0 atom stereocenters. The van der Waals surface area contributed by atoms with Crippen LogP contribution in [0.3, 0.4) is 0 Å². The molecule has 0 aliphatic rings. The Morgan fingerprint density at radius 2 is 2.25 bits per heavy atom. The van der Waals surface area contributed by atoms with Crippen LogP contribution >= 0.6 is 0 Å². The summed E-state index contributed by atoms with van der Waals surface area (Å²) in [7, 11) is 1.85. The van der Waals surface area contributed by atoms with Crippen LogP contribution < -0.4 is 11.1 Å². The summed E-state index contributed by atoms with van der Waals surface area (Å²) < 4.78 is 1.70. The van der Waals surface area contributed by atoms with Gasteiger partial charge in [-0.25, -0.2) is 4.98 Å². The van der Waals surface area contributed by atoms with E-state index in [-0.39, 0.29) is 0 Å². The summed E-state index contributed by atoms with van der Waals surface area (Å²) >= 11 is 0. The van der Waals surface area contributed by atoms with E-state index in [9.17, 15) is 4.79 Å². The lowest BCUT2D eigenvalue weighted by Gasteiger charge is -2.08. The zero-order chi connectivity index (χ0) is 14.5. The second-order valence-corrected chi connectivity index (χ2v) is 4.77. The SMILES string of the molecule is Cc1cc(C(N)=O)ccc1CNCCc1ncn(C)n1. The number of hydrogen-bond donors (Lipinski definition) is 2. The van der Waals surface area contributed by atoms with E-state index >= 15 is 0 Å². The first-order valence-electron chi connectivity index (χ1n) is 6.51. The van der Waals surface area contributed by atoms with Gasteiger partial charge in [-0.05, 0) is 30.2 Å². The van der Waals surface area contributed by atoms with Gasteiger partial charge in [0.1, 0.15) is 6.33 Å². The van der Waals surface area contributed by atoms with Crippen LogP contribution in [0.1, 0.15) is 27.3 Å². The van der Waals surface area contributed by atoms with Gasteiger partial charge in [0.2, 0.25) is 5.91 Å². The summed E-state index contributed by atoms with van der Waals surface area (Å²) in [6.07, 6.45) is 2.49. The summed E-state index contributed by atoms with van der Waals surface area (Å²) in [5.74, 6) is 0.439. The van der Waals surface area contributed by atoms with E-state index in [4.69, 9.17) is 5.73 Å². The molecule has 1 amide bonds. The van der Waals surface area contributed by atoms with E-state index < -0.39 is 5.91 Å². The Labute approximate surface area is 118 Å². The van der Waals surface area contributed by atoms with Crippen molar-refractivity contribution in [2.45, 2.75) is 19.9 Å². The molecule has 3 N–H and O–H groups in total. The van der Waals surface area contributed by atoms with Gasteiger partial charge in [0.25, 0.3) is 0 Å². The first kappa shape index (κ1) is 14.2. The predicted octanol–water partition coefficient (Wildman–Crippen LogP) is 0.555. The minimum Gasteiger partial charge on any atom is -0.366 e. The molecule has 1 heterocycles. The van der Waals surface area contributed by atoms with Crippen LogP contribution in [0.2, 0.25) is 0 Å². The maximum Gasteiger partial charge on any atom is 0.248 e. The number of primary amides is 1. The fraction of sp³-hybridized carbons (Fsp3) is 0.357. The van der Waals surface area contributed by atoms with Gasteiger partial charge in [0.15, 0.2) is 5.82 Å². The number of hydrogen-bond acceptors (Lipinski definition) is 4. The van der Waals surface area contributed by atoms with Gasteiger partial charge in [-0.3, -0.25) is 9.48 Å². The first-order chi connectivity index (χ1) is 9.56. The standard InChI is InChI=1S/C14H19N5O/c1-10-7-11(14(15)20)3-4-12(10)8-16-6-5-13-17-9-19(2)18-13/h3-4,7,9,16H,5-6,8H2,1-2H3,(H2,15,20). The Morgan fingerprint density at radius 1 is 1.45 bits per heavy atom. The van der Waals surface area contributed by atoms with Gasteiger partial charge >= 0.3 is 0 Å². The minimum absolute atomic E-state index is 0.395. The minimum atomic E-state index is -0.395. The monoisotopic (exact) mass is 273 g/mol. The number of aromatic nitrogens is 3. The topological polar surface area (TPSA) is 85.8 Å². The molecular formula is C14H19N5O. The van der Waals surface area contributed by atoms with E-state index in [0.717, 1.165) is 36.5 Å².